The Bertz CT molecular complexity index is 520. The van der Waals surface area contributed by atoms with E-state index in [1.54, 1.807) is 13.0 Å². The quantitative estimate of drug-likeness (QED) is 0.346. The zero-order valence-corrected chi connectivity index (χ0v) is 12.1. The number of hydrogen-bond donors (Lipinski definition) is 3. The minimum Gasteiger partial charge on any atom is -0.409 e. The van der Waals surface area contributed by atoms with E-state index in [9.17, 15) is 4.79 Å². The Morgan fingerprint density at radius 2 is 2.16 bits per heavy atom. The summed E-state index contributed by atoms with van der Waals surface area (Å²) in [6.07, 6.45) is 0.458. The van der Waals surface area contributed by atoms with Crippen molar-refractivity contribution in [1.82, 2.24) is 5.32 Å². The molecule has 4 N–H and O–H groups in total. The first-order chi connectivity index (χ1) is 8.84. The molecule has 1 rings (SSSR count). The first-order valence-corrected chi connectivity index (χ1v) is 6.35. The van der Waals surface area contributed by atoms with Crippen LogP contribution in [0.3, 0.4) is 0 Å². The number of nitrogens with two attached hydrogens (primary N) is 1. The Balaban J connectivity index is 3.02. The predicted molar refractivity (Wildman–Crippen MR) is 76.0 cm³/mol. The molecule has 1 aromatic rings. The number of hydrogen-bond acceptors (Lipinski definition) is 3. The zero-order valence-electron chi connectivity index (χ0n) is 10.6. The van der Waals surface area contributed by atoms with E-state index < -0.39 is 11.4 Å². The van der Waals surface area contributed by atoms with Crippen molar-refractivity contribution in [3.05, 3.63) is 33.8 Å². The number of amides is 1. The van der Waals surface area contributed by atoms with Crippen LogP contribution < -0.4 is 11.1 Å². The summed E-state index contributed by atoms with van der Waals surface area (Å²) < 4.78 is 0. The van der Waals surface area contributed by atoms with Gasteiger partial charge < -0.3 is 16.3 Å². The highest BCUT2D eigenvalue weighted by molar-refractivity contribution is 6.36. The minimum atomic E-state index is -0.950. The molecule has 0 fully saturated rings. The van der Waals surface area contributed by atoms with E-state index in [1.807, 2.05) is 6.92 Å². The Morgan fingerprint density at radius 3 is 2.63 bits per heavy atom. The summed E-state index contributed by atoms with van der Waals surface area (Å²) in [5, 5.41) is 15.1. The summed E-state index contributed by atoms with van der Waals surface area (Å²) in [5.74, 6) is -0.494. The van der Waals surface area contributed by atoms with Crippen molar-refractivity contribution in [1.29, 1.82) is 0 Å². The SMILES string of the molecule is CCC(C)(NC(=O)c1ccc(Cl)cc1Cl)C(N)=NO. The average molecular weight is 304 g/mol. The van der Waals surface area contributed by atoms with Gasteiger partial charge in [0.25, 0.3) is 5.91 Å². The lowest BCUT2D eigenvalue weighted by molar-refractivity contribution is 0.0925. The third kappa shape index (κ3) is 3.52. The first-order valence-electron chi connectivity index (χ1n) is 5.59. The van der Waals surface area contributed by atoms with E-state index in [-0.39, 0.29) is 16.4 Å². The van der Waals surface area contributed by atoms with Gasteiger partial charge in [0, 0.05) is 5.02 Å². The van der Waals surface area contributed by atoms with Gasteiger partial charge in [0.05, 0.1) is 16.1 Å². The summed E-state index contributed by atoms with van der Waals surface area (Å²) in [6.45, 7) is 3.46. The van der Waals surface area contributed by atoms with Crippen molar-refractivity contribution in [3.8, 4) is 0 Å². The Kier molecular flexibility index (Phi) is 5.03. The molecule has 1 amide bonds. The molecule has 0 aromatic heterocycles. The maximum Gasteiger partial charge on any atom is 0.253 e. The topological polar surface area (TPSA) is 87.7 Å². The third-order valence-electron chi connectivity index (χ3n) is 2.95. The Morgan fingerprint density at radius 1 is 1.53 bits per heavy atom. The fourth-order valence-corrected chi connectivity index (χ4v) is 1.93. The van der Waals surface area contributed by atoms with E-state index in [1.165, 1.54) is 12.1 Å². The van der Waals surface area contributed by atoms with E-state index in [2.05, 4.69) is 10.5 Å². The van der Waals surface area contributed by atoms with Crippen molar-refractivity contribution in [2.75, 3.05) is 0 Å². The molecule has 104 valence electrons. The maximum absolute atomic E-state index is 12.1. The van der Waals surface area contributed by atoms with Crippen LogP contribution in [0.2, 0.25) is 10.0 Å². The highest BCUT2D eigenvalue weighted by Crippen LogP contribution is 2.22. The van der Waals surface area contributed by atoms with Gasteiger partial charge >= 0.3 is 0 Å². The van der Waals surface area contributed by atoms with Gasteiger partial charge in [0.2, 0.25) is 0 Å². The maximum atomic E-state index is 12.1. The van der Waals surface area contributed by atoms with Crippen molar-refractivity contribution in [2.24, 2.45) is 10.9 Å². The van der Waals surface area contributed by atoms with Crippen LogP contribution in [0.5, 0.6) is 0 Å². The lowest BCUT2D eigenvalue weighted by Crippen LogP contribution is -2.55. The number of nitrogens with zero attached hydrogens (tertiary/aromatic N) is 1. The van der Waals surface area contributed by atoms with Gasteiger partial charge in [-0.2, -0.15) is 0 Å². The predicted octanol–water partition coefficient (Wildman–Crippen LogP) is 2.64. The number of amidine groups is 1. The molecule has 0 aliphatic heterocycles. The number of halogens is 2. The molecule has 0 aliphatic carbocycles. The summed E-state index contributed by atoms with van der Waals surface area (Å²) in [5.41, 5.74) is 4.91. The third-order valence-corrected chi connectivity index (χ3v) is 3.49. The second kappa shape index (κ2) is 6.12. The summed E-state index contributed by atoms with van der Waals surface area (Å²) >= 11 is 11.7. The number of rotatable bonds is 4. The molecule has 0 heterocycles. The lowest BCUT2D eigenvalue weighted by Gasteiger charge is -2.28. The van der Waals surface area contributed by atoms with Crippen LogP contribution in [0.1, 0.15) is 30.6 Å². The Labute approximate surface area is 121 Å². The fourth-order valence-electron chi connectivity index (χ4n) is 1.44. The second-order valence-electron chi connectivity index (χ2n) is 4.25. The van der Waals surface area contributed by atoms with Crippen molar-refractivity contribution >= 4 is 34.9 Å². The van der Waals surface area contributed by atoms with Crippen LogP contribution in [-0.4, -0.2) is 22.5 Å². The van der Waals surface area contributed by atoms with Crippen molar-refractivity contribution in [3.63, 3.8) is 0 Å². The average Bonchev–Trinajstić information content (AvgIpc) is 2.37. The molecule has 0 saturated heterocycles. The molecule has 5 nitrogen and oxygen atoms in total. The highest BCUT2D eigenvalue weighted by atomic mass is 35.5. The van der Waals surface area contributed by atoms with E-state index >= 15 is 0 Å². The monoisotopic (exact) mass is 303 g/mol. The van der Waals surface area contributed by atoms with E-state index in [4.69, 9.17) is 34.1 Å². The smallest absolute Gasteiger partial charge is 0.253 e. The lowest BCUT2D eigenvalue weighted by atomic mass is 9.97. The van der Waals surface area contributed by atoms with Gasteiger partial charge in [-0.3, -0.25) is 4.79 Å². The van der Waals surface area contributed by atoms with Crippen LogP contribution in [0.15, 0.2) is 23.4 Å². The fraction of sp³-hybridized carbons (Fsp3) is 0.333. The molecule has 0 radical (unpaired) electrons. The normalized spacial score (nSPS) is 14.8. The minimum absolute atomic E-state index is 0.0755. The van der Waals surface area contributed by atoms with Gasteiger partial charge in [-0.25, -0.2) is 0 Å². The van der Waals surface area contributed by atoms with E-state index in [0.29, 0.717) is 11.4 Å². The van der Waals surface area contributed by atoms with Gasteiger partial charge in [-0.1, -0.05) is 35.3 Å². The number of benzene rings is 1. The van der Waals surface area contributed by atoms with Crippen LogP contribution in [0.25, 0.3) is 0 Å². The second-order valence-corrected chi connectivity index (χ2v) is 5.09. The number of oxime groups is 1. The van der Waals surface area contributed by atoms with Crippen molar-refractivity contribution in [2.45, 2.75) is 25.8 Å². The Hall–Kier alpha value is -1.46. The van der Waals surface area contributed by atoms with Gasteiger partial charge in [-0.15, -0.1) is 0 Å². The van der Waals surface area contributed by atoms with Gasteiger partial charge in [0.1, 0.15) is 0 Å². The molecule has 0 bridgehead atoms. The van der Waals surface area contributed by atoms with E-state index in [0.717, 1.165) is 0 Å². The molecule has 0 spiro atoms. The molecule has 0 saturated carbocycles. The summed E-state index contributed by atoms with van der Waals surface area (Å²) in [4.78, 5) is 12.1. The van der Waals surface area contributed by atoms with Gasteiger partial charge in [-0.05, 0) is 31.5 Å². The van der Waals surface area contributed by atoms with Gasteiger partial charge in [0.15, 0.2) is 5.84 Å². The largest absolute Gasteiger partial charge is 0.409 e. The molecule has 19 heavy (non-hydrogen) atoms. The van der Waals surface area contributed by atoms with Crippen LogP contribution >= 0.6 is 23.2 Å². The van der Waals surface area contributed by atoms with Crippen LogP contribution in [0, 0.1) is 0 Å². The standard InChI is InChI=1S/C12H15Cl2N3O2/c1-3-12(2,11(15)17-19)16-10(18)8-5-4-7(13)6-9(8)14/h4-6,19H,3H2,1-2H3,(H2,15,17)(H,16,18). The summed E-state index contributed by atoms with van der Waals surface area (Å²) in [7, 11) is 0. The van der Waals surface area contributed by atoms with Crippen LogP contribution in [-0.2, 0) is 0 Å². The number of carbonyl (C=O) groups excluding carboxylic acids is 1. The highest BCUT2D eigenvalue weighted by Gasteiger charge is 2.30. The molecule has 7 heteroatoms. The zero-order chi connectivity index (χ0) is 14.6. The molecule has 0 aliphatic rings. The summed E-state index contributed by atoms with van der Waals surface area (Å²) in [6, 6.07) is 4.56. The molecule has 1 atom stereocenters. The molecular weight excluding hydrogens is 289 g/mol. The van der Waals surface area contributed by atoms with Crippen molar-refractivity contribution < 1.29 is 10.0 Å². The number of nitrogens with one attached hydrogen (secondary N) is 1. The number of carbonyl (C=O) groups is 1. The first kappa shape index (κ1) is 15.6. The molecular formula is C12H15Cl2N3O2. The molecule has 1 unspecified atom stereocenters. The van der Waals surface area contributed by atoms with Crippen LogP contribution in [0.4, 0.5) is 0 Å². The molecule has 1 aromatic carbocycles.